The van der Waals surface area contributed by atoms with Gasteiger partial charge in [-0.3, -0.25) is 4.98 Å². The predicted molar refractivity (Wildman–Crippen MR) is 100 cm³/mol. The Kier molecular flexibility index (Phi) is 5.92. The van der Waals surface area contributed by atoms with Crippen LogP contribution >= 0.6 is 0 Å². The van der Waals surface area contributed by atoms with Gasteiger partial charge < -0.3 is 4.90 Å². The van der Waals surface area contributed by atoms with Crippen molar-refractivity contribution < 1.29 is 12.8 Å². The number of anilines is 1. The van der Waals surface area contributed by atoms with Gasteiger partial charge in [-0.1, -0.05) is 0 Å². The highest BCUT2D eigenvalue weighted by molar-refractivity contribution is 7.92. The van der Waals surface area contributed by atoms with Crippen molar-refractivity contribution in [1.82, 2.24) is 9.71 Å². The second-order valence-electron chi connectivity index (χ2n) is 5.90. The number of pyridine rings is 1. The van der Waals surface area contributed by atoms with Gasteiger partial charge in [-0.2, -0.15) is 0 Å². The van der Waals surface area contributed by atoms with E-state index < -0.39 is 10.0 Å². The molecule has 0 bridgehead atoms. The second kappa shape index (κ2) is 7.76. The summed E-state index contributed by atoms with van der Waals surface area (Å²) >= 11 is 0. The van der Waals surface area contributed by atoms with Crippen LogP contribution in [0.3, 0.4) is 0 Å². The third-order valence-corrected chi connectivity index (χ3v) is 4.95. The Balaban J connectivity index is 2.52. The van der Waals surface area contributed by atoms with E-state index in [1.807, 2.05) is 31.9 Å². The Morgan fingerprint density at radius 3 is 2.44 bits per heavy atom. The number of nitrogens with one attached hydrogen (secondary N) is 1. The fourth-order valence-corrected chi connectivity index (χ4v) is 2.65. The molecule has 1 aromatic heterocycles. The molecule has 0 atom stereocenters. The molecule has 0 aliphatic heterocycles. The van der Waals surface area contributed by atoms with E-state index in [0.29, 0.717) is 11.3 Å². The summed E-state index contributed by atoms with van der Waals surface area (Å²) in [5, 5.41) is 1.10. The first kappa shape index (κ1) is 19.1. The number of sulfonamides is 1. The molecular weight excluding hydrogens is 341 g/mol. The molecule has 134 valence electrons. The molecule has 25 heavy (non-hydrogen) atoms. The van der Waals surface area contributed by atoms with E-state index in [4.69, 9.17) is 0 Å². The van der Waals surface area contributed by atoms with Crippen LogP contribution < -0.4 is 9.62 Å². The molecule has 0 amide bonds. The van der Waals surface area contributed by atoms with Crippen molar-refractivity contribution in [3.63, 3.8) is 0 Å². The van der Waals surface area contributed by atoms with Crippen LogP contribution in [-0.4, -0.2) is 33.5 Å². The van der Waals surface area contributed by atoms with Gasteiger partial charge in [0.15, 0.2) is 0 Å². The van der Waals surface area contributed by atoms with Crippen molar-refractivity contribution in [3.8, 4) is 11.3 Å². The molecular formula is C18H22FN3O2S. The van der Waals surface area contributed by atoms with Crippen LogP contribution in [0.15, 0.2) is 41.9 Å². The van der Waals surface area contributed by atoms with E-state index in [1.165, 1.54) is 25.3 Å². The number of nitrogens with zero attached hydrogens (tertiary/aromatic N) is 2. The Bertz CT molecular complexity index is 862. The maximum Gasteiger partial charge on any atom is 0.233 e. The summed E-state index contributed by atoms with van der Waals surface area (Å²) < 4.78 is 38.5. The van der Waals surface area contributed by atoms with Gasteiger partial charge in [0.1, 0.15) is 5.82 Å². The van der Waals surface area contributed by atoms with Crippen molar-refractivity contribution in [3.05, 3.63) is 53.3 Å². The van der Waals surface area contributed by atoms with Crippen LogP contribution in [0.4, 0.5) is 10.1 Å². The number of rotatable bonds is 6. The normalized spacial score (nSPS) is 12.1. The lowest BCUT2D eigenvalue weighted by Gasteiger charge is -2.26. The zero-order valence-electron chi connectivity index (χ0n) is 14.7. The van der Waals surface area contributed by atoms with E-state index in [9.17, 15) is 12.8 Å². The van der Waals surface area contributed by atoms with Gasteiger partial charge in [0, 0.05) is 30.3 Å². The zero-order chi connectivity index (χ0) is 18.6. The summed E-state index contributed by atoms with van der Waals surface area (Å²) in [6.45, 7) is 4.09. The molecule has 1 heterocycles. The van der Waals surface area contributed by atoms with E-state index in [2.05, 4.69) is 9.71 Å². The van der Waals surface area contributed by atoms with Crippen molar-refractivity contribution >= 4 is 21.8 Å². The van der Waals surface area contributed by atoms with E-state index in [-0.39, 0.29) is 11.9 Å². The van der Waals surface area contributed by atoms with Crippen LogP contribution in [-0.2, 0) is 10.0 Å². The van der Waals surface area contributed by atoms with Gasteiger partial charge in [-0.05, 0) is 62.9 Å². The largest absolute Gasteiger partial charge is 0.370 e. The van der Waals surface area contributed by atoms with Crippen LogP contribution in [0.5, 0.6) is 0 Å². The third-order valence-electron chi connectivity index (χ3n) is 3.89. The maximum absolute atomic E-state index is 13.2. The minimum absolute atomic E-state index is 0.210. The Morgan fingerprint density at radius 2 is 1.88 bits per heavy atom. The third kappa shape index (κ3) is 4.87. The highest BCUT2D eigenvalue weighted by Gasteiger charge is 2.14. The Morgan fingerprint density at radius 1 is 1.24 bits per heavy atom. The summed E-state index contributed by atoms with van der Waals surface area (Å²) in [7, 11) is -0.156. The summed E-state index contributed by atoms with van der Waals surface area (Å²) in [4.78, 5) is 6.52. The fourth-order valence-electron chi connectivity index (χ4n) is 2.17. The highest BCUT2D eigenvalue weighted by atomic mass is 32.2. The minimum atomic E-state index is -3.45. The highest BCUT2D eigenvalue weighted by Crippen LogP contribution is 2.30. The predicted octanol–water partition coefficient (Wildman–Crippen LogP) is 3.25. The molecule has 0 saturated heterocycles. The average molecular weight is 363 g/mol. The quantitative estimate of drug-likeness (QED) is 0.856. The zero-order valence-corrected chi connectivity index (χ0v) is 15.5. The molecule has 0 radical (unpaired) electrons. The molecule has 0 unspecified atom stereocenters. The van der Waals surface area contributed by atoms with Crippen LogP contribution in [0.25, 0.3) is 17.3 Å². The van der Waals surface area contributed by atoms with Crippen LogP contribution in [0.1, 0.15) is 19.4 Å². The van der Waals surface area contributed by atoms with Crippen molar-refractivity contribution in [2.24, 2.45) is 0 Å². The van der Waals surface area contributed by atoms with Gasteiger partial charge in [0.2, 0.25) is 10.0 Å². The number of hydrogen-bond donors (Lipinski definition) is 1. The maximum atomic E-state index is 13.2. The number of halogens is 1. The monoisotopic (exact) mass is 363 g/mol. The fraction of sp³-hybridized carbons (Fsp3) is 0.278. The molecule has 1 N–H and O–H groups in total. The van der Waals surface area contributed by atoms with Crippen LogP contribution in [0, 0.1) is 5.82 Å². The minimum Gasteiger partial charge on any atom is -0.370 e. The molecule has 2 rings (SSSR count). The number of hydrogen-bond acceptors (Lipinski definition) is 4. The smallest absolute Gasteiger partial charge is 0.233 e. The lowest BCUT2D eigenvalue weighted by molar-refractivity contribution is 0.597. The number of aromatic nitrogens is 1. The summed E-state index contributed by atoms with van der Waals surface area (Å²) in [5.41, 5.74) is 3.00. The topological polar surface area (TPSA) is 62.3 Å². The first-order valence-corrected chi connectivity index (χ1v) is 9.38. The van der Waals surface area contributed by atoms with E-state index in [0.717, 1.165) is 16.7 Å². The standard InChI is InChI=1S/C18H22FN3O2S/c1-13(2)22(4)17-11-14(9-10-25(23,24)20-3)12-21-18(17)15-5-7-16(19)8-6-15/h5-13,20H,1-4H3/b10-9+. The van der Waals surface area contributed by atoms with Crippen molar-refractivity contribution in [2.75, 3.05) is 19.0 Å². The summed E-state index contributed by atoms with van der Waals surface area (Å²) in [6, 6.07) is 8.22. The second-order valence-corrected chi connectivity index (χ2v) is 7.67. The van der Waals surface area contributed by atoms with Gasteiger partial charge in [0.05, 0.1) is 11.4 Å². The molecule has 0 saturated carbocycles. The van der Waals surface area contributed by atoms with Crippen molar-refractivity contribution in [1.29, 1.82) is 0 Å². The van der Waals surface area contributed by atoms with Gasteiger partial charge in [-0.25, -0.2) is 17.5 Å². The van der Waals surface area contributed by atoms with E-state index in [1.54, 1.807) is 18.3 Å². The first-order chi connectivity index (χ1) is 11.7. The average Bonchev–Trinajstić information content (AvgIpc) is 2.60. The van der Waals surface area contributed by atoms with Gasteiger partial charge >= 0.3 is 0 Å². The molecule has 0 aliphatic carbocycles. The first-order valence-electron chi connectivity index (χ1n) is 7.84. The summed E-state index contributed by atoms with van der Waals surface area (Å²) in [6.07, 6.45) is 3.09. The Hall–Kier alpha value is -2.25. The summed E-state index contributed by atoms with van der Waals surface area (Å²) in [5.74, 6) is -0.306. The molecule has 0 fully saturated rings. The van der Waals surface area contributed by atoms with Crippen LogP contribution in [0.2, 0.25) is 0 Å². The SMILES string of the molecule is CNS(=O)(=O)/C=C/c1cnc(-c2ccc(F)cc2)c(N(C)C(C)C)c1. The molecule has 1 aromatic carbocycles. The Labute approximate surface area is 148 Å². The van der Waals surface area contributed by atoms with Crippen molar-refractivity contribution in [2.45, 2.75) is 19.9 Å². The number of benzene rings is 1. The molecule has 2 aromatic rings. The van der Waals surface area contributed by atoms with Gasteiger partial charge in [0.25, 0.3) is 0 Å². The molecule has 5 nitrogen and oxygen atoms in total. The van der Waals surface area contributed by atoms with Gasteiger partial charge in [-0.15, -0.1) is 0 Å². The molecule has 0 aliphatic rings. The molecule has 0 spiro atoms. The van der Waals surface area contributed by atoms with E-state index >= 15 is 0 Å². The lowest BCUT2D eigenvalue weighted by atomic mass is 10.1. The lowest BCUT2D eigenvalue weighted by Crippen LogP contribution is -2.26. The molecule has 7 heteroatoms.